The first-order chi connectivity index (χ1) is 8.97. The van der Waals surface area contributed by atoms with Crippen molar-refractivity contribution in [1.29, 1.82) is 0 Å². The molecule has 0 radical (unpaired) electrons. The summed E-state index contributed by atoms with van der Waals surface area (Å²) < 4.78 is 1.34. The number of hydrogen-bond acceptors (Lipinski definition) is 4. The standard InChI is InChI=1S/C12H13N3O4/c1-15-5-4-7(6-10(15)17)11(18)13-8-2-3-9(16)14-12(8)19/h4-6,8H,2-3H2,1H3,(H,13,18)(H,14,16,19). The zero-order valence-corrected chi connectivity index (χ0v) is 10.3. The Bertz CT molecular complexity index is 605. The van der Waals surface area contributed by atoms with Gasteiger partial charge in [0.2, 0.25) is 11.8 Å². The molecule has 1 fully saturated rings. The summed E-state index contributed by atoms with van der Waals surface area (Å²) in [7, 11) is 1.57. The van der Waals surface area contributed by atoms with Gasteiger partial charge in [-0.25, -0.2) is 0 Å². The second-order valence-corrected chi connectivity index (χ2v) is 4.34. The average Bonchev–Trinajstić information content (AvgIpc) is 2.36. The third kappa shape index (κ3) is 2.87. The predicted molar refractivity (Wildman–Crippen MR) is 65.3 cm³/mol. The van der Waals surface area contributed by atoms with E-state index in [0.29, 0.717) is 0 Å². The van der Waals surface area contributed by atoms with Crippen LogP contribution in [0.5, 0.6) is 0 Å². The fourth-order valence-corrected chi connectivity index (χ4v) is 1.76. The van der Waals surface area contributed by atoms with E-state index >= 15 is 0 Å². The van der Waals surface area contributed by atoms with Crippen molar-refractivity contribution in [2.75, 3.05) is 0 Å². The lowest BCUT2D eigenvalue weighted by atomic mass is 10.1. The van der Waals surface area contributed by atoms with Crippen LogP contribution >= 0.6 is 0 Å². The number of carbonyl (C=O) groups is 3. The minimum atomic E-state index is -0.741. The summed E-state index contributed by atoms with van der Waals surface area (Å²) >= 11 is 0. The van der Waals surface area contributed by atoms with E-state index in [1.807, 2.05) is 0 Å². The van der Waals surface area contributed by atoms with Crippen molar-refractivity contribution in [2.45, 2.75) is 18.9 Å². The molecule has 7 heteroatoms. The molecule has 0 bridgehead atoms. The minimum absolute atomic E-state index is 0.188. The number of aromatic nitrogens is 1. The van der Waals surface area contributed by atoms with Crippen LogP contribution in [0.15, 0.2) is 23.1 Å². The van der Waals surface area contributed by atoms with Crippen LogP contribution in [-0.4, -0.2) is 28.3 Å². The summed E-state index contributed by atoms with van der Waals surface area (Å²) in [5, 5.41) is 4.65. The van der Waals surface area contributed by atoms with Crippen molar-refractivity contribution in [1.82, 2.24) is 15.2 Å². The summed E-state index contributed by atoms with van der Waals surface area (Å²) in [6, 6.07) is 1.94. The van der Waals surface area contributed by atoms with Gasteiger partial charge < -0.3 is 9.88 Å². The number of pyridine rings is 1. The van der Waals surface area contributed by atoms with Gasteiger partial charge in [0.15, 0.2) is 0 Å². The second-order valence-electron chi connectivity index (χ2n) is 4.34. The number of amides is 3. The van der Waals surface area contributed by atoms with Crippen molar-refractivity contribution in [3.63, 3.8) is 0 Å². The predicted octanol–water partition coefficient (Wildman–Crippen LogP) is -1.08. The van der Waals surface area contributed by atoms with Gasteiger partial charge in [-0.2, -0.15) is 0 Å². The van der Waals surface area contributed by atoms with Gasteiger partial charge in [0, 0.05) is 31.3 Å². The Morgan fingerprint density at radius 2 is 2.16 bits per heavy atom. The molecule has 2 N–H and O–H groups in total. The van der Waals surface area contributed by atoms with Crippen LogP contribution in [0.2, 0.25) is 0 Å². The molecule has 0 aromatic carbocycles. The number of nitrogens with one attached hydrogen (secondary N) is 2. The Kier molecular flexibility index (Phi) is 3.46. The number of piperidine rings is 1. The monoisotopic (exact) mass is 263 g/mol. The van der Waals surface area contributed by atoms with E-state index in [0.717, 1.165) is 0 Å². The van der Waals surface area contributed by atoms with Gasteiger partial charge in [-0.15, -0.1) is 0 Å². The SMILES string of the molecule is Cn1ccc(C(=O)NC2CCC(=O)NC2=O)cc1=O. The second kappa shape index (κ2) is 5.05. The van der Waals surface area contributed by atoms with Gasteiger partial charge in [0.05, 0.1) is 0 Å². The van der Waals surface area contributed by atoms with E-state index in [1.54, 1.807) is 7.05 Å². The maximum Gasteiger partial charge on any atom is 0.252 e. The molecular weight excluding hydrogens is 250 g/mol. The highest BCUT2D eigenvalue weighted by atomic mass is 16.2. The number of nitrogens with zero attached hydrogens (tertiary/aromatic N) is 1. The van der Waals surface area contributed by atoms with Gasteiger partial charge >= 0.3 is 0 Å². The van der Waals surface area contributed by atoms with Crippen LogP contribution < -0.4 is 16.2 Å². The van der Waals surface area contributed by atoms with E-state index in [4.69, 9.17) is 0 Å². The summed E-state index contributed by atoms with van der Waals surface area (Å²) in [6.07, 6.45) is 1.93. The van der Waals surface area contributed by atoms with E-state index in [1.165, 1.54) is 22.9 Å². The van der Waals surface area contributed by atoms with Crippen LogP contribution in [-0.2, 0) is 16.6 Å². The molecule has 2 rings (SSSR count). The van der Waals surface area contributed by atoms with Crippen LogP contribution in [0.4, 0.5) is 0 Å². The number of imide groups is 1. The Balaban J connectivity index is 2.08. The summed E-state index contributed by atoms with van der Waals surface area (Å²) in [4.78, 5) is 45.7. The van der Waals surface area contributed by atoms with E-state index in [9.17, 15) is 19.2 Å². The summed E-state index contributed by atoms with van der Waals surface area (Å²) in [5.41, 5.74) is -0.122. The maximum absolute atomic E-state index is 11.9. The molecule has 2 heterocycles. The molecule has 1 aromatic rings. The lowest BCUT2D eigenvalue weighted by Crippen LogP contribution is -2.52. The highest BCUT2D eigenvalue weighted by molar-refractivity contribution is 6.03. The average molecular weight is 263 g/mol. The number of hydrogen-bond donors (Lipinski definition) is 2. The van der Waals surface area contributed by atoms with E-state index < -0.39 is 17.9 Å². The number of rotatable bonds is 2. The highest BCUT2D eigenvalue weighted by Gasteiger charge is 2.28. The molecule has 3 amide bonds. The normalized spacial score (nSPS) is 18.9. The maximum atomic E-state index is 11.9. The van der Waals surface area contributed by atoms with Crippen LogP contribution in [0.1, 0.15) is 23.2 Å². The fraction of sp³-hybridized carbons (Fsp3) is 0.333. The summed E-state index contributed by atoms with van der Waals surface area (Å²) in [5.74, 6) is -1.37. The zero-order valence-electron chi connectivity index (χ0n) is 10.3. The van der Waals surface area contributed by atoms with Crippen molar-refractivity contribution in [3.05, 3.63) is 34.2 Å². The van der Waals surface area contributed by atoms with E-state index in [2.05, 4.69) is 10.6 Å². The van der Waals surface area contributed by atoms with Crippen molar-refractivity contribution in [2.24, 2.45) is 7.05 Å². The molecule has 1 atom stereocenters. The van der Waals surface area contributed by atoms with Crippen LogP contribution in [0.25, 0.3) is 0 Å². The van der Waals surface area contributed by atoms with Crippen LogP contribution in [0.3, 0.4) is 0 Å². The third-order valence-electron chi connectivity index (χ3n) is 2.91. The molecule has 0 spiro atoms. The first-order valence-corrected chi connectivity index (χ1v) is 5.78. The molecule has 1 unspecified atom stereocenters. The lowest BCUT2D eigenvalue weighted by Gasteiger charge is -2.21. The Morgan fingerprint density at radius 3 is 2.79 bits per heavy atom. The zero-order chi connectivity index (χ0) is 14.0. The highest BCUT2D eigenvalue weighted by Crippen LogP contribution is 2.05. The molecule has 1 aliphatic rings. The van der Waals surface area contributed by atoms with Crippen molar-refractivity contribution < 1.29 is 14.4 Å². The molecule has 1 aromatic heterocycles. The summed E-state index contributed by atoms with van der Waals surface area (Å²) in [6.45, 7) is 0. The molecule has 1 aliphatic heterocycles. The van der Waals surface area contributed by atoms with Gasteiger partial charge in [0.25, 0.3) is 11.5 Å². The van der Waals surface area contributed by atoms with Crippen molar-refractivity contribution in [3.8, 4) is 0 Å². The quantitative estimate of drug-likeness (QED) is 0.663. The first-order valence-electron chi connectivity index (χ1n) is 5.78. The molecule has 100 valence electrons. The van der Waals surface area contributed by atoms with Gasteiger partial charge in [-0.05, 0) is 12.5 Å². The minimum Gasteiger partial charge on any atom is -0.340 e. The van der Waals surface area contributed by atoms with Crippen molar-refractivity contribution >= 4 is 17.7 Å². The smallest absolute Gasteiger partial charge is 0.252 e. The van der Waals surface area contributed by atoms with E-state index in [-0.39, 0.29) is 29.9 Å². The Morgan fingerprint density at radius 1 is 1.42 bits per heavy atom. The largest absolute Gasteiger partial charge is 0.340 e. The van der Waals surface area contributed by atoms with Gasteiger partial charge in [-0.1, -0.05) is 0 Å². The number of aryl methyl sites for hydroxylation is 1. The number of carbonyl (C=O) groups excluding carboxylic acids is 3. The molecule has 19 heavy (non-hydrogen) atoms. The molecular formula is C12H13N3O4. The molecule has 7 nitrogen and oxygen atoms in total. The topological polar surface area (TPSA) is 97.3 Å². The third-order valence-corrected chi connectivity index (χ3v) is 2.91. The Labute approximate surface area is 108 Å². The van der Waals surface area contributed by atoms with Crippen LogP contribution in [0, 0.1) is 0 Å². The molecule has 1 saturated heterocycles. The molecule has 0 aliphatic carbocycles. The first kappa shape index (κ1) is 13.0. The fourth-order valence-electron chi connectivity index (χ4n) is 1.76. The van der Waals surface area contributed by atoms with Gasteiger partial charge in [0.1, 0.15) is 6.04 Å². The molecule has 0 saturated carbocycles. The Hall–Kier alpha value is -2.44. The lowest BCUT2D eigenvalue weighted by molar-refractivity contribution is -0.134. The van der Waals surface area contributed by atoms with Gasteiger partial charge in [-0.3, -0.25) is 24.5 Å².